The molecule has 14 heavy (non-hydrogen) atoms. The lowest BCUT2D eigenvalue weighted by Gasteiger charge is -2.12. The average molecular weight is 236 g/mol. The van der Waals surface area contributed by atoms with Crippen LogP contribution < -0.4 is 5.73 Å². The lowest BCUT2D eigenvalue weighted by atomic mass is 10.5. The van der Waals surface area contributed by atoms with Gasteiger partial charge in [0.05, 0.1) is 0 Å². The quantitative estimate of drug-likeness (QED) is 0.803. The molecule has 6 nitrogen and oxygen atoms in total. The summed E-state index contributed by atoms with van der Waals surface area (Å²) in [4.78, 5) is 0. The first kappa shape index (κ1) is 11.3. The van der Waals surface area contributed by atoms with Crippen LogP contribution >= 0.6 is 11.3 Å². The smallest absolute Gasteiger partial charge is 0.272 e. The van der Waals surface area contributed by atoms with Crippen molar-refractivity contribution >= 4 is 26.5 Å². The molecular formula is C6H12N4O2S2. The number of nitrogen functional groups attached to an aromatic ring is 1. The zero-order valence-corrected chi connectivity index (χ0v) is 9.60. The summed E-state index contributed by atoms with van der Waals surface area (Å²) in [5.41, 5.74) is 5.31. The first-order valence-corrected chi connectivity index (χ1v) is 6.29. The minimum absolute atomic E-state index is 0.0500. The Labute approximate surface area is 86.8 Å². The van der Waals surface area contributed by atoms with Crippen molar-refractivity contribution in [1.82, 2.24) is 14.5 Å². The molecule has 1 heterocycles. The highest BCUT2D eigenvalue weighted by Crippen LogP contribution is 2.19. The second kappa shape index (κ2) is 4.20. The number of hydrogen-bond donors (Lipinski definition) is 1. The predicted molar refractivity (Wildman–Crippen MR) is 54.4 cm³/mol. The fraction of sp³-hybridized carbons (Fsp3) is 0.667. The van der Waals surface area contributed by atoms with E-state index in [0.717, 1.165) is 17.8 Å². The monoisotopic (exact) mass is 236 g/mol. The molecule has 0 atom stereocenters. The molecule has 1 aromatic heterocycles. The van der Waals surface area contributed by atoms with Gasteiger partial charge in [0.1, 0.15) is 0 Å². The zero-order valence-electron chi connectivity index (χ0n) is 7.97. The Kier molecular flexibility index (Phi) is 3.40. The first-order chi connectivity index (χ1) is 6.48. The van der Waals surface area contributed by atoms with Crippen LogP contribution in [0.4, 0.5) is 5.13 Å². The number of nitrogens with two attached hydrogens (primary N) is 1. The number of aromatic nitrogens is 2. The largest absolute Gasteiger partial charge is 0.374 e. The van der Waals surface area contributed by atoms with Gasteiger partial charge in [-0.1, -0.05) is 18.3 Å². The van der Waals surface area contributed by atoms with Crippen LogP contribution in [-0.4, -0.2) is 36.5 Å². The van der Waals surface area contributed by atoms with E-state index in [1.165, 1.54) is 11.4 Å². The van der Waals surface area contributed by atoms with Gasteiger partial charge in [0.15, 0.2) is 0 Å². The van der Waals surface area contributed by atoms with Crippen LogP contribution in [0.15, 0.2) is 4.34 Å². The fourth-order valence-electron chi connectivity index (χ4n) is 0.893. The number of sulfonamides is 1. The van der Waals surface area contributed by atoms with E-state index in [2.05, 4.69) is 10.2 Å². The molecule has 0 unspecified atom stereocenters. The second-order valence-electron chi connectivity index (χ2n) is 2.73. The Morgan fingerprint density at radius 2 is 2.14 bits per heavy atom. The van der Waals surface area contributed by atoms with Crippen molar-refractivity contribution in [3.8, 4) is 0 Å². The number of rotatable bonds is 4. The summed E-state index contributed by atoms with van der Waals surface area (Å²) in [5, 5.41) is 7.13. The Morgan fingerprint density at radius 1 is 1.50 bits per heavy atom. The molecule has 0 saturated heterocycles. The van der Waals surface area contributed by atoms with Crippen molar-refractivity contribution in [3.05, 3.63) is 0 Å². The lowest BCUT2D eigenvalue weighted by Crippen LogP contribution is -2.27. The van der Waals surface area contributed by atoms with E-state index < -0.39 is 10.0 Å². The summed E-state index contributed by atoms with van der Waals surface area (Å²) in [6.07, 6.45) is 0.754. The summed E-state index contributed by atoms with van der Waals surface area (Å²) in [6, 6.07) is 0. The van der Waals surface area contributed by atoms with Gasteiger partial charge in [-0.2, -0.15) is 4.31 Å². The highest BCUT2D eigenvalue weighted by Gasteiger charge is 2.24. The van der Waals surface area contributed by atoms with Gasteiger partial charge in [-0.3, -0.25) is 0 Å². The van der Waals surface area contributed by atoms with E-state index in [0.29, 0.717) is 6.54 Å². The van der Waals surface area contributed by atoms with Crippen molar-refractivity contribution in [2.24, 2.45) is 0 Å². The molecule has 0 spiro atoms. The summed E-state index contributed by atoms with van der Waals surface area (Å²) >= 11 is 0.875. The maximum absolute atomic E-state index is 11.7. The van der Waals surface area contributed by atoms with E-state index in [9.17, 15) is 8.42 Å². The molecule has 1 rings (SSSR count). The SMILES string of the molecule is CCCN(C)S(=O)(=O)c1nnc(N)s1. The molecule has 0 aliphatic rings. The van der Waals surface area contributed by atoms with Gasteiger partial charge in [0, 0.05) is 13.6 Å². The molecule has 0 aliphatic carbocycles. The zero-order chi connectivity index (χ0) is 10.8. The van der Waals surface area contributed by atoms with Gasteiger partial charge in [0.2, 0.25) is 9.47 Å². The third-order valence-electron chi connectivity index (χ3n) is 1.59. The molecule has 0 saturated carbocycles. The van der Waals surface area contributed by atoms with E-state index in [1.807, 2.05) is 6.92 Å². The lowest BCUT2D eigenvalue weighted by molar-refractivity contribution is 0.467. The van der Waals surface area contributed by atoms with Gasteiger partial charge in [-0.25, -0.2) is 8.42 Å². The maximum atomic E-state index is 11.7. The minimum atomic E-state index is -3.48. The third-order valence-corrected chi connectivity index (χ3v) is 4.55. The fourth-order valence-corrected chi connectivity index (χ4v) is 3.13. The van der Waals surface area contributed by atoms with E-state index in [1.54, 1.807) is 0 Å². The normalized spacial score (nSPS) is 12.2. The Hall–Kier alpha value is -0.730. The molecule has 0 fully saturated rings. The molecule has 8 heteroatoms. The van der Waals surface area contributed by atoms with Crippen LogP contribution in [0.5, 0.6) is 0 Å². The average Bonchev–Trinajstić information content (AvgIpc) is 2.52. The molecule has 0 amide bonds. The van der Waals surface area contributed by atoms with Crippen LogP contribution in [0.25, 0.3) is 0 Å². The molecule has 1 aromatic rings. The van der Waals surface area contributed by atoms with Crippen molar-refractivity contribution in [1.29, 1.82) is 0 Å². The van der Waals surface area contributed by atoms with Crippen molar-refractivity contribution in [2.75, 3.05) is 19.3 Å². The summed E-state index contributed by atoms with van der Waals surface area (Å²) < 4.78 is 24.6. The summed E-state index contributed by atoms with van der Waals surface area (Å²) in [5.74, 6) is 0. The number of anilines is 1. The van der Waals surface area contributed by atoms with Gasteiger partial charge >= 0.3 is 0 Å². The molecular weight excluding hydrogens is 224 g/mol. The van der Waals surface area contributed by atoms with Crippen molar-refractivity contribution < 1.29 is 8.42 Å². The van der Waals surface area contributed by atoms with Crippen LogP contribution in [0.1, 0.15) is 13.3 Å². The highest BCUT2D eigenvalue weighted by molar-refractivity contribution is 7.91. The number of hydrogen-bond acceptors (Lipinski definition) is 6. The molecule has 0 aliphatic heterocycles. The molecule has 2 N–H and O–H groups in total. The van der Waals surface area contributed by atoms with Gasteiger partial charge in [0.25, 0.3) is 10.0 Å². The van der Waals surface area contributed by atoms with Crippen molar-refractivity contribution in [3.63, 3.8) is 0 Å². The maximum Gasteiger partial charge on any atom is 0.272 e. The summed E-state index contributed by atoms with van der Waals surface area (Å²) in [6.45, 7) is 2.36. The Balaban J connectivity index is 2.96. The predicted octanol–water partition coefficient (Wildman–Crippen LogP) is 0.151. The standard InChI is InChI=1S/C6H12N4O2S2/c1-3-4-10(2)14(11,12)6-9-8-5(7)13-6/h3-4H2,1-2H3,(H2,7,8). The highest BCUT2D eigenvalue weighted by atomic mass is 32.2. The van der Waals surface area contributed by atoms with Crippen molar-refractivity contribution in [2.45, 2.75) is 17.7 Å². The Morgan fingerprint density at radius 3 is 2.57 bits per heavy atom. The molecule has 0 aromatic carbocycles. The van der Waals surface area contributed by atoms with Crippen LogP contribution in [0.2, 0.25) is 0 Å². The molecule has 0 radical (unpaired) electrons. The van der Waals surface area contributed by atoms with Crippen LogP contribution in [0.3, 0.4) is 0 Å². The van der Waals surface area contributed by atoms with Gasteiger partial charge in [-0.05, 0) is 6.42 Å². The van der Waals surface area contributed by atoms with E-state index in [-0.39, 0.29) is 9.47 Å². The third kappa shape index (κ3) is 2.20. The second-order valence-corrected chi connectivity index (χ2v) is 5.96. The number of nitrogens with zero attached hydrogens (tertiary/aromatic N) is 3. The summed E-state index contributed by atoms with van der Waals surface area (Å²) in [7, 11) is -1.97. The topological polar surface area (TPSA) is 89.2 Å². The van der Waals surface area contributed by atoms with Gasteiger partial charge in [-0.15, -0.1) is 10.2 Å². The first-order valence-electron chi connectivity index (χ1n) is 4.03. The van der Waals surface area contributed by atoms with Crippen LogP contribution in [0, 0.1) is 0 Å². The minimum Gasteiger partial charge on any atom is -0.374 e. The Bertz CT molecular complexity index is 400. The van der Waals surface area contributed by atoms with Gasteiger partial charge < -0.3 is 5.73 Å². The van der Waals surface area contributed by atoms with E-state index in [4.69, 9.17) is 5.73 Å². The van der Waals surface area contributed by atoms with Crippen LogP contribution in [-0.2, 0) is 10.0 Å². The molecule has 80 valence electrons. The molecule has 0 bridgehead atoms. The van der Waals surface area contributed by atoms with E-state index >= 15 is 0 Å².